The average Bonchev–Trinajstić information content (AvgIpc) is 2.72. The summed E-state index contributed by atoms with van der Waals surface area (Å²) in [6.07, 6.45) is 2.03. The van der Waals surface area contributed by atoms with Crippen LogP contribution in [0.3, 0.4) is 0 Å². The summed E-state index contributed by atoms with van der Waals surface area (Å²) in [5.74, 6) is 0. The first-order valence-corrected chi connectivity index (χ1v) is 6.79. The average molecular weight is 241 g/mol. The van der Waals surface area contributed by atoms with Gasteiger partial charge in [-0.15, -0.1) is 11.3 Å². The predicted molar refractivity (Wildman–Crippen MR) is 71.2 cm³/mol. The normalized spacial score (nSPS) is 14.1. The van der Waals surface area contributed by atoms with Crippen molar-refractivity contribution in [2.45, 2.75) is 45.3 Å². The number of hydrogen-bond donors (Lipinski definition) is 1. The molecular formula is C13H23NOS. The minimum Gasteiger partial charge on any atom is -0.376 e. The van der Waals surface area contributed by atoms with Gasteiger partial charge in [0.2, 0.25) is 0 Å². The lowest BCUT2D eigenvalue weighted by molar-refractivity contribution is -0.0468. The smallest absolute Gasteiger partial charge is 0.0867 e. The number of aryl methyl sites for hydroxylation is 1. The van der Waals surface area contributed by atoms with Crippen LogP contribution in [0.4, 0.5) is 0 Å². The van der Waals surface area contributed by atoms with Crippen LogP contribution < -0.4 is 5.32 Å². The Bertz CT molecular complexity index is 309. The largest absolute Gasteiger partial charge is 0.376 e. The number of hydrogen-bond acceptors (Lipinski definition) is 3. The second-order valence-electron chi connectivity index (χ2n) is 4.13. The van der Waals surface area contributed by atoms with E-state index in [2.05, 4.69) is 37.5 Å². The van der Waals surface area contributed by atoms with Crippen molar-refractivity contribution in [1.29, 1.82) is 0 Å². The van der Waals surface area contributed by atoms with Gasteiger partial charge in [0.25, 0.3) is 0 Å². The van der Waals surface area contributed by atoms with Crippen LogP contribution in [0.25, 0.3) is 0 Å². The lowest BCUT2D eigenvalue weighted by Crippen LogP contribution is -2.43. The molecule has 0 aromatic carbocycles. The van der Waals surface area contributed by atoms with Gasteiger partial charge in [-0.1, -0.05) is 13.8 Å². The SMILES string of the molecule is CCC(CC)(OC)C(NC)c1ccsc1C. The van der Waals surface area contributed by atoms with E-state index in [0.717, 1.165) is 12.8 Å². The molecule has 0 fully saturated rings. The predicted octanol–water partition coefficient (Wildman–Crippen LogP) is 3.52. The van der Waals surface area contributed by atoms with E-state index in [4.69, 9.17) is 4.74 Å². The molecule has 92 valence electrons. The van der Waals surface area contributed by atoms with Crippen LogP contribution in [0, 0.1) is 6.92 Å². The highest BCUT2D eigenvalue weighted by Gasteiger charge is 2.36. The summed E-state index contributed by atoms with van der Waals surface area (Å²) in [5, 5.41) is 5.57. The van der Waals surface area contributed by atoms with E-state index in [0.29, 0.717) is 0 Å². The maximum absolute atomic E-state index is 5.81. The van der Waals surface area contributed by atoms with Crippen molar-refractivity contribution in [2.24, 2.45) is 0 Å². The maximum atomic E-state index is 5.81. The van der Waals surface area contributed by atoms with E-state index in [1.807, 2.05) is 14.2 Å². The molecule has 0 amide bonds. The van der Waals surface area contributed by atoms with Gasteiger partial charge >= 0.3 is 0 Å². The van der Waals surface area contributed by atoms with E-state index in [-0.39, 0.29) is 11.6 Å². The first kappa shape index (κ1) is 13.7. The third-order valence-corrected chi connectivity index (χ3v) is 4.49. The third-order valence-electron chi connectivity index (χ3n) is 3.63. The number of thiophene rings is 1. The summed E-state index contributed by atoms with van der Waals surface area (Å²) in [5.41, 5.74) is 1.28. The monoisotopic (exact) mass is 241 g/mol. The molecule has 0 aliphatic rings. The number of methoxy groups -OCH3 is 1. The molecule has 1 N–H and O–H groups in total. The Kier molecular flexibility index (Phi) is 4.96. The molecular weight excluding hydrogens is 218 g/mol. The van der Waals surface area contributed by atoms with Crippen molar-refractivity contribution in [2.75, 3.05) is 14.2 Å². The van der Waals surface area contributed by atoms with Crippen LogP contribution in [0.5, 0.6) is 0 Å². The highest BCUT2D eigenvalue weighted by Crippen LogP contribution is 2.37. The molecule has 1 unspecified atom stereocenters. The third kappa shape index (κ3) is 2.31. The summed E-state index contributed by atoms with van der Waals surface area (Å²) in [4.78, 5) is 1.38. The Hall–Kier alpha value is -0.380. The zero-order valence-corrected chi connectivity index (χ0v) is 11.8. The number of rotatable bonds is 6. The Morgan fingerprint density at radius 1 is 1.44 bits per heavy atom. The molecule has 16 heavy (non-hydrogen) atoms. The van der Waals surface area contributed by atoms with Crippen LogP contribution >= 0.6 is 11.3 Å². The van der Waals surface area contributed by atoms with Gasteiger partial charge in [-0.2, -0.15) is 0 Å². The van der Waals surface area contributed by atoms with Crippen LogP contribution in [-0.4, -0.2) is 19.8 Å². The van der Waals surface area contributed by atoms with Gasteiger partial charge in [0, 0.05) is 12.0 Å². The number of likely N-dealkylation sites (N-methyl/N-ethyl adjacent to an activating group) is 1. The van der Waals surface area contributed by atoms with Crippen molar-refractivity contribution < 1.29 is 4.74 Å². The van der Waals surface area contributed by atoms with Crippen molar-refractivity contribution >= 4 is 11.3 Å². The van der Waals surface area contributed by atoms with Gasteiger partial charge < -0.3 is 10.1 Å². The molecule has 1 aromatic heterocycles. The fourth-order valence-electron chi connectivity index (χ4n) is 2.46. The fraction of sp³-hybridized carbons (Fsp3) is 0.692. The lowest BCUT2D eigenvalue weighted by Gasteiger charge is -2.38. The molecule has 0 aliphatic heterocycles. The molecule has 1 atom stereocenters. The van der Waals surface area contributed by atoms with Crippen molar-refractivity contribution in [3.05, 3.63) is 21.9 Å². The van der Waals surface area contributed by atoms with E-state index in [1.54, 1.807) is 11.3 Å². The minimum atomic E-state index is -0.0966. The van der Waals surface area contributed by atoms with Gasteiger partial charge in [0.15, 0.2) is 0 Å². The zero-order chi connectivity index (χ0) is 12.2. The van der Waals surface area contributed by atoms with E-state index in [1.165, 1.54) is 10.4 Å². The molecule has 2 nitrogen and oxygen atoms in total. The molecule has 0 saturated heterocycles. The Labute approximate surface area is 103 Å². The van der Waals surface area contributed by atoms with E-state index < -0.39 is 0 Å². The molecule has 1 aromatic rings. The van der Waals surface area contributed by atoms with Gasteiger partial charge in [0.1, 0.15) is 0 Å². The van der Waals surface area contributed by atoms with Crippen LogP contribution in [0.15, 0.2) is 11.4 Å². The summed E-state index contributed by atoms with van der Waals surface area (Å²) >= 11 is 1.80. The number of nitrogens with one attached hydrogen (secondary N) is 1. The molecule has 3 heteroatoms. The van der Waals surface area contributed by atoms with Crippen LogP contribution in [-0.2, 0) is 4.74 Å². The molecule has 0 spiro atoms. The van der Waals surface area contributed by atoms with Crippen molar-refractivity contribution in [3.63, 3.8) is 0 Å². The van der Waals surface area contributed by atoms with Crippen molar-refractivity contribution in [3.8, 4) is 0 Å². The second kappa shape index (κ2) is 5.80. The van der Waals surface area contributed by atoms with Crippen LogP contribution in [0.1, 0.15) is 43.2 Å². The fourth-order valence-corrected chi connectivity index (χ4v) is 3.20. The first-order valence-electron chi connectivity index (χ1n) is 5.91. The van der Waals surface area contributed by atoms with Gasteiger partial charge in [-0.25, -0.2) is 0 Å². The minimum absolute atomic E-state index is 0.0966. The molecule has 1 rings (SSSR count). The summed E-state index contributed by atoms with van der Waals surface area (Å²) in [7, 11) is 3.83. The van der Waals surface area contributed by atoms with E-state index in [9.17, 15) is 0 Å². The van der Waals surface area contributed by atoms with Crippen LogP contribution in [0.2, 0.25) is 0 Å². The van der Waals surface area contributed by atoms with E-state index >= 15 is 0 Å². The summed E-state index contributed by atoms with van der Waals surface area (Å²) in [6.45, 7) is 6.56. The molecule has 0 saturated carbocycles. The maximum Gasteiger partial charge on any atom is 0.0867 e. The van der Waals surface area contributed by atoms with Gasteiger partial charge in [-0.05, 0) is 43.8 Å². The summed E-state index contributed by atoms with van der Waals surface area (Å²) < 4.78 is 5.81. The topological polar surface area (TPSA) is 21.3 Å². The molecule has 0 aliphatic carbocycles. The molecule has 0 bridgehead atoms. The number of ether oxygens (including phenoxy) is 1. The Morgan fingerprint density at radius 3 is 2.38 bits per heavy atom. The molecule has 0 radical (unpaired) electrons. The van der Waals surface area contributed by atoms with Gasteiger partial charge in [0.05, 0.1) is 11.6 Å². The highest BCUT2D eigenvalue weighted by molar-refractivity contribution is 7.10. The molecule has 1 heterocycles. The second-order valence-corrected chi connectivity index (χ2v) is 5.25. The quantitative estimate of drug-likeness (QED) is 0.822. The standard InChI is InChI=1S/C13H23NOS/c1-6-13(7-2,15-5)12(14-4)11-8-9-16-10(11)3/h8-9,12,14H,6-7H2,1-5H3. The highest BCUT2D eigenvalue weighted by atomic mass is 32.1. The Balaban J connectivity index is 3.10. The first-order chi connectivity index (χ1) is 7.65. The lowest BCUT2D eigenvalue weighted by atomic mass is 9.84. The zero-order valence-electron chi connectivity index (χ0n) is 11.0. The summed E-state index contributed by atoms with van der Waals surface area (Å²) in [6, 6.07) is 2.49. The van der Waals surface area contributed by atoms with Gasteiger partial charge in [-0.3, -0.25) is 0 Å². The van der Waals surface area contributed by atoms with Crippen molar-refractivity contribution in [1.82, 2.24) is 5.32 Å². The Morgan fingerprint density at radius 2 is 2.06 bits per heavy atom.